The van der Waals surface area contributed by atoms with Gasteiger partial charge in [-0.2, -0.15) is 0 Å². The Labute approximate surface area is 159 Å². The van der Waals surface area contributed by atoms with E-state index in [4.69, 9.17) is 14.2 Å². The maximum absolute atomic E-state index is 11.5. The lowest BCUT2D eigenvalue weighted by molar-refractivity contribution is -0.198. The van der Waals surface area contributed by atoms with Crippen LogP contribution in [0.2, 0.25) is 0 Å². The summed E-state index contributed by atoms with van der Waals surface area (Å²) in [7, 11) is 0. The number of nitrogens with zero attached hydrogens (tertiary/aromatic N) is 1. The van der Waals surface area contributed by atoms with Crippen molar-refractivity contribution < 1.29 is 38.2 Å². The van der Waals surface area contributed by atoms with E-state index in [1.165, 1.54) is 0 Å². The molecular weight excluding hydrogens is 416 g/mol. The zero-order chi connectivity index (χ0) is 19.2. The van der Waals surface area contributed by atoms with Crippen molar-refractivity contribution in [1.29, 1.82) is 0 Å². The predicted octanol–water partition coefficient (Wildman–Crippen LogP) is -0.455. The molecule has 1 fully saturated rings. The number of ether oxygens (including phenoxy) is 3. The van der Waals surface area contributed by atoms with E-state index < -0.39 is 17.8 Å². The van der Waals surface area contributed by atoms with Gasteiger partial charge in [0.1, 0.15) is 0 Å². The fourth-order valence-corrected chi connectivity index (χ4v) is 2.01. The Bertz CT molecular complexity index is 472. The Hall–Kier alpha value is -1.56. The summed E-state index contributed by atoms with van der Waals surface area (Å²) in [6.45, 7) is 2.35. The second kappa shape index (κ2) is 13.6. The molecule has 0 unspecified atom stereocenters. The van der Waals surface area contributed by atoms with Crippen LogP contribution in [-0.2, 0) is 38.2 Å². The largest absolute Gasteiger partial charge is 0.378 e. The minimum Gasteiger partial charge on any atom is -0.378 e. The standard InChI is InChI=1S/C15H23BrN2O8/c16-11-12(19)17-4-6-24-8-10-25-9-7-23-5-3-15(22)26-18-13(20)1-2-14(18)21/h1-11H2,(H,17,19). The first-order valence-corrected chi connectivity index (χ1v) is 9.29. The summed E-state index contributed by atoms with van der Waals surface area (Å²) in [6, 6.07) is 0. The number of alkyl halides is 1. The molecule has 0 aliphatic carbocycles. The highest BCUT2D eigenvalue weighted by Crippen LogP contribution is 2.12. The van der Waals surface area contributed by atoms with Crippen molar-refractivity contribution in [2.24, 2.45) is 0 Å². The van der Waals surface area contributed by atoms with Gasteiger partial charge in [0, 0.05) is 19.4 Å². The van der Waals surface area contributed by atoms with Gasteiger partial charge in [-0.25, -0.2) is 4.79 Å². The summed E-state index contributed by atoms with van der Waals surface area (Å²) in [5, 5.41) is 3.42. The van der Waals surface area contributed by atoms with E-state index in [2.05, 4.69) is 26.1 Å². The number of halogens is 1. The van der Waals surface area contributed by atoms with Gasteiger partial charge in [0.25, 0.3) is 11.8 Å². The van der Waals surface area contributed by atoms with E-state index in [0.29, 0.717) is 38.0 Å². The molecule has 0 spiro atoms. The topological polar surface area (TPSA) is 120 Å². The average Bonchev–Trinajstić information content (AvgIpc) is 2.94. The minimum absolute atomic E-state index is 0.0646. The fourth-order valence-electron chi connectivity index (χ4n) is 1.81. The number of carbonyl (C=O) groups is 4. The van der Waals surface area contributed by atoms with E-state index in [1.807, 2.05) is 0 Å². The summed E-state index contributed by atoms with van der Waals surface area (Å²) in [4.78, 5) is 49.6. The van der Waals surface area contributed by atoms with Crippen LogP contribution in [0, 0.1) is 0 Å². The number of imide groups is 1. The van der Waals surface area contributed by atoms with Crippen LogP contribution >= 0.6 is 15.9 Å². The molecule has 1 aliphatic rings. The lowest BCUT2D eigenvalue weighted by Crippen LogP contribution is -2.32. The van der Waals surface area contributed by atoms with E-state index >= 15 is 0 Å². The molecule has 1 saturated heterocycles. The maximum atomic E-state index is 11.5. The summed E-state index contributed by atoms with van der Waals surface area (Å²) in [5.41, 5.74) is 0. The predicted molar refractivity (Wildman–Crippen MR) is 91.1 cm³/mol. The van der Waals surface area contributed by atoms with Gasteiger partial charge in [0.15, 0.2) is 0 Å². The van der Waals surface area contributed by atoms with Crippen molar-refractivity contribution in [3.05, 3.63) is 0 Å². The molecule has 0 aromatic heterocycles. The van der Waals surface area contributed by atoms with Crippen molar-refractivity contribution in [1.82, 2.24) is 10.4 Å². The highest BCUT2D eigenvalue weighted by molar-refractivity contribution is 9.09. The summed E-state index contributed by atoms with van der Waals surface area (Å²) >= 11 is 3.04. The molecule has 148 valence electrons. The van der Waals surface area contributed by atoms with Gasteiger partial charge in [-0.05, 0) is 0 Å². The first-order valence-electron chi connectivity index (χ1n) is 8.17. The van der Waals surface area contributed by atoms with Gasteiger partial charge in [0.05, 0.1) is 51.4 Å². The van der Waals surface area contributed by atoms with Crippen LogP contribution in [0.25, 0.3) is 0 Å². The molecule has 11 heteroatoms. The molecular formula is C15H23BrN2O8. The second-order valence-electron chi connectivity index (χ2n) is 5.12. The van der Waals surface area contributed by atoms with Crippen molar-refractivity contribution in [3.8, 4) is 0 Å². The van der Waals surface area contributed by atoms with Gasteiger partial charge in [-0.15, -0.1) is 5.06 Å². The van der Waals surface area contributed by atoms with Crippen LogP contribution in [0.1, 0.15) is 19.3 Å². The average molecular weight is 439 g/mol. The molecule has 0 aromatic rings. The highest BCUT2D eigenvalue weighted by atomic mass is 79.9. The Morgan fingerprint density at radius 1 is 0.923 bits per heavy atom. The first kappa shape index (κ1) is 22.5. The molecule has 3 amide bonds. The summed E-state index contributed by atoms with van der Waals surface area (Å²) < 4.78 is 15.7. The molecule has 1 N–H and O–H groups in total. The molecule has 10 nitrogen and oxygen atoms in total. The number of nitrogens with one attached hydrogen (secondary N) is 1. The number of hydroxylamine groups is 2. The van der Waals surface area contributed by atoms with Crippen LogP contribution in [0.15, 0.2) is 0 Å². The molecule has 1 heterocycles. The van der Waals surface area contributed by atoms with Gasteiger partial charge in [-0.1, -0.05) is 15.9 Å². The van der Waals surface area contributed by atoms with Crippen molar-refractivity contribution >= 4 is 39.6 Å². The number of carbonyl (C=O) groups excluding carboxylic acids is 4. The van der Waals surface area contributed by atoms with E-state index in [-0.39, 0.29) is 43.7 Å². The van der Waals surface area contributed by atoms with Gasteiger partial charge < -0.3 is 24.4 Å². The molecule has 1 rings (SSSR count). The van der Waals surface area contributed by atoms with Crippen LogP contribution in [-0.4, -0.2) is 80.3 Å². The Kier molecular flexibility index (Phi) is 11.8. The third-order valence-corrected chi connectivity index (χ3v) is 3.59. The lowest BCUT2D eigenvalue weighted by atomic mass is 10.4. The van der Waals surface area contributed by atoms with Crippen molar-refractivity contribution in [2.75, 3.05) is 51.5 Å². The van der Waals surface area contributed by atoms with E-state index in [9.17, 15) is 19.2 Å². The molecule has 1 aliphatic heterocycles. The Balaban J connectivity index is 1.86. The zero-order valence-corrected chi connectivity index (χ0v) is 16.0. The van der Waals surface area contributed by atoms with Gasteiger partial charge in [-0.3, -0.25) is 14.4 Å². The van der Waals surface area contributed by atoms with Crippen LogP contribution in [0.4, 0.5) is 0 Å². The number of hydrogen-bond donors (Lipinski definition) is 1. The molecule has 0 aromatic carbocycles. The van der Waals surface area contributed by atoms with Crippen molar-refractivity contribution in [3.63, 3.8) is 0 Å². The maximum Gasteiger partial charge on any atom is 0.335 e. The Morgan fingerprint density at radius 3 is 2.04 bits per heavy atom. The quantitative estimate of drug-likeness (QED) is 0.220. The highest BCUT2D eigenvalue weighted by Gasteiger charge is 2.32. The van der Waals surface area contributed by atoms with Crippen LogP contribution in [0.5, 0.6) is 0 Å². The third kappa shape index (κ3) is 9.80. The summed E-state index contributed by atoms with van der Waals surface area (Å²) in [5.74, 6) is -1.81. The number of rotatable bonds is 14. The monoisotopic (exact) mass is 438 g/mol. The molecule has 0 radical (unpaired) electrons. The SMILES string of the molecule is O=C(CBr)NCCOCCOCCOCCC(=O)ON1C(=O)CCC1=O. The second-order valence-corrected chi connectivity index (χ2v) is 5.68. The first-order chi connectivity index (χ1) is 12.5. The van der Waals surface area contributed by atoms with Gasteiger partial charge >= 0.3 is 5.97 Å². The van der Waals surface area contributed by atoms with Crippen LogP contribution in [0.3, 0.4) is 0 Å². The molecule has 0 atom stereocenters. The van der Waals surface area contributed by atoms with Crippen molar-refractivity contribution in [2.45, 2.75) is 19.3 Å². The normalized spacial score (nSPS) is 14.0. The van der Waals surface area contributed by atoms with E-state index in [0.717, 1.165) is 0 Å². The number of amides is 3. The lowest BCUT2D eigenvalue weighted by Gasteiger charge is -2.12. The molecule has 0 saturated carbocycles. The van der Waals surface area contributed by atoms with Gasteiger partial charge in [0.2, 0.25) is 5.91 Å². The minimum atomic E-state index is -0.699. The zero-order valence-electron chi connectivity index (χ0n) is 14.4. The fraction of sp³-hybridized carbons (Fsp3) is 0.733. The third-order valence-electron chi connectivity index (χ3n) is 3.08. The Morgan fingerprint density at radius 2 is 1.46 bits per heavy atom. The van der Waals surface area contributed by atoms with E-state index in [1.54, 1.807) is 0 Å². The van der Waals surface area contributed by atoms with Crippen LogP contribution < -0.4 is 5.32 Å². The molecule has 26 heavy (non-hydrogen) atoms. The molecule has 0 bridgehead atoms. The summed E-state index contributed by atoms with van der Waals surface area (Å²) in [6.07, 6.45) is 0.0601. The number of hydrogen-bond acceptors (Lipinski definition) is 8. The smallest absolute Gasteiger partial charge is 0.335 e.